The van der Waals surface area contributed by atoms with Crippen molar-refractivity contribution in [3.63, 3.8) is 0 Å². The average molecular weight is 416 g/mol. The first kappa shape index (κ1) is 26.3. The van der Waals surface area contributed by atoms with E-state index in [9.17, 15) is 24.0 Å². The number of amides is 3. The minimum absolute atomic E-state index is 0.0818. The van der Waals surface area contributed by atoms with E-state index in [0.717, 1.165) is 0 Å². The Kier molecular flexibility index (Phi) is 10.9. The first-order valence-electron chi connectivity index (χ1n) is 9.43. The fourth-order valence-electron chi connectivity index (χ4n) is 2.34. The molecule has 11 heteroatoms. The van der Waals surface area contributed by atoms with Crippen molar-refractivity contribution in [3.05, 3.63) is 0 Å². The largest absolute Gasteiger partial charge is 0.481 e. The van der Waals surface area contributed by atoms with Gasteiger partial charge in [-0.25, -0.2) is 4.79 Å². The molecule has 0 heterocycles. The van der Waals surface area contributed by atoms with E-state index < -0.39 is 66.2 Å². The summed E-state index contributed by atoms with van der Waals surface area (Å²) in [5.74, 6) is -5.40. The van der Waals surface area contributed by atoms with Crippen LogP contribution in [0.2, 0.25) is 0 Å². The number of hydrogen-bond acceptors (Lipinski definition) is 6. The molecule has 0 aliphatic carbocycles. The maximum Gasteiger partial charge on any atom is 0.326 e. The Labute approximate surface area is 169 Å². The molecule has 5 atom stereocenters. The van der Waals surface area contributed by atoms with Gasteiger partial charge in [-0.15, -0.1) is 0 Å². The number of nitrogens with two attached hydrogens (primary N) is 1. The molecule has 166 valence electrons. The molecule has 0 aromatic heterocycles. The van der Waals surface area contributed by atoms with Crippen molar-refractivity contribution < 1.29 is 34.2 Å². The zero-order valence-electron chi connectivity index (χ0n) is 17.4. The predicted octanol–water partition coefficient (Wildman–Crippen LogP) is -0.951. The number of carboxylic acids is 2. The number of carboxylic acid groups (broad SMARTS) is 2. The number of carbonyl (C=O) groups is 5. The highest BCUT2D eigenvalue weighted by Crippen LogP contribution is 2.07. The van der Waals surface area contributed by atoms with E-state index in [2.05, 4.69) is 16.0 Å². The number of hydrogen-bond donors (Lipinski definition) is 6. The van der Waals surface area contributed by atoms with Gasteiger partial charge in [0, 0.05) is 0 Å². The molecule has 0 aliphatic rings. The lowest BCUT2D eigenvalue weighted by atomic mass is 9.99. The van der Waals surface area contributed by atoms with E-state index >= 15 is 0 Å². The molecule has 0 saturated carbocycles. The van der Waals surface area contributed by atoms with Gasteiger partial charge in [-0.3, -0.25) is 19.2 Å². The van der Waals surface area contributed by atoms with Crippen LogP contribution in [0.3, 0.4) is 0 Å². The van der Waals surface area contributed by atoms with E-state index in [0.29, 0.717) is 6.42 Å². The van der Waals surface area contributed by atoms with E-state index in [1.807, 2.05) is 13.8 Å². The minimum atomic E-state index is -1.64. The van der Waals surface area contributed by atoms with E-state index in [1.54, 1.807) is 13.8 Å². The molecule has 0 saturated heterocycles. The van der Waals surface area contributed by atoms with Crippen LogP contribution in [0.25, 0.3) is 0 Å². The highest BCUT2D eigenvalue weighted by Gasteiger charge is 2.31. The van der Waals surface area contributed by atoms with Crippen LogP contribution in [0.5, 0.6) is 0 Å². The molecule has 0 aromatic carbocycles. The smallest absolute Gasteiger partial charge is 0.326 e. The summed E-state index contributed by atoms with van der Waals surface area (Å²) >= 11 is 0. The number of rotatable bonds is 12. The Morgan fingerprint density at radius 3 is 1.83 bits per heavy atom. The Hall–Kier alpha value is -2.69. The summed E-state index contributed by atoms with van der Waals surface area (Å²) in [6, 6.07) is -4.53. The molecule has 7 N–H and O–H groups in total. The summed E-state index contributed by atoms with van der Waals surface area (Å²) in [7, 11) is 0. The van der Waals surface area contributed by atoms with Gasteiger partial charge in [0.1, 0.15) is 18.1 Å². The molecule has 29 heavy (non-hydrogen) atoms. The highest BCUT2D eigenvalue weighted by molar-refractivity contribution is 5.94. The lowest BCUT2D eigenvalue weighted by molar-refractivity contribution is -0.147. The molecular formula is C18H32N4O7. The van der Waals surface area contributed by atoms with E-state index in [-0.39, 0.29) is 5.92 Å². The van der Waals surface area contributed by atoms with E-state index in [1.165, 1.54) is 6.92 Å². The van der Waals surface area contributed by atoms with Gasteiger partial charge < -0.3 is 31.9 Å². The van der Waals surface area contributed by atoms with Crippen molar-refractivity contribution in [1.29, 1.82) is 0 Å². The Balaban J connectivity index is 5.07. The summed E-state index contributed by atoms with van der Waals surface area (Å²) in [6.07, 6.45) is -0.119. The highest BCUT2D eigenvalue weighted by atomic mass is 16.4. The Morgan fingerprint density at radius 2 is 1.41 bits per heavy atom. The van der Waals surface area contributed by atoms with Crippen molar-refractivity contribution in [3.8, 4) is 0 Å². The third kappa shape index (κ3) is 8.90. The molecule has 0 aromatic rings. The zero-order chi connectivity index (χ0) is 22.9. The van der Waals surface area contributed by atoms with Gasteiger partial charge in [0.15, 0.2) is 0 Å². The molecular weight excluding hydrogens is 384 g/mol. The average Bonchev–Trinajstić information content (AvgIpc) is 2.62. The van der Waals surface area contributed by atoms with E-state index in [4.69, 9.17) is 15.9 Å². The lowest BCUT2D eigenvalue weighted by Gasteiger charge is -2.26. The second-order valence-corrected chi connectivity index (χ2v) is 7.37. The maximum atomic E-state index is 12.4. The second kappa shape index (κ2) is 12.0. The molecule has 11 nitrogen and oxygen atoms in total. The standard InChI is InChI=1S/C18H32N4O7/c1-6-9(4)13(19)16(26)20-10(5)15(25)22-14(8(2)3)17(27)21-11(18(28)29)7-12(23)24/h8-11,13-14H,6-7,19H2,1-5H3,(H,20,26)(H,21,27)(H,22,25)(H,23,24)(H,28,29). The Bertz CT molecular complexity index is 623. The van der Waals surface area contributed by atoms with Gasteiger partial charge in [-0.1, -0.05) is 34.1 Å². The molecule has 0 aliphatic heterocycles. The van der Waals surface area contributed by atoms with Crippen molar-refractivity contribution >= 4 is 29.7 Å². The molecule has 0 rings (SSSR count). The SMILES string of the molecule is CCC(C)C(N)C(=O)NC(C)C(=O)NC(C(=O)NC(CC(=O)O)C(=O)O)C(C)C. The summed E-state index contributed by atoms with van der Waals surface area (Å²) in [6.45, 7) is 8.37. The maximum absolute atomic E-state index is 12.4. The van der Waals surface area contributed by atoms with Crippen molar-refractivity contribution in [2.45, 2.75) is 71.6 Å². The fourth-order valence-corrected chi connectivity index (χ4v) is 2.34. The number of aliphatic carboxylic acids is 2. The zero-order valence-corrected chi connectivity index (χ0v) is 17.4. The third-order valence-corrected chi connectivity index (χ3v) is 4.55. The predicted molar refractivity (Wildman–Crippen MR) is 104 cm³/mol. The van der Waals surface area contributed by atoms with Gasteiger partial charge in [0.05, 0.1) is 12.5 Å². The first-order chi connectivity index (χ1) is 13.3. The van der Waals surface area contributed by atoms with Gasteiger partial charge in [0.25, 0.3) is 0 Å². The topological polar surface area (TPSA) is 188 Å². The van der Waals surface area contributed by atoms with Crippen LogP contribution in [0.15, 0.2) is 0 Å². The summed E-state index contributed by atoms with van der Waals surface area (Å²) in [5.41, 5.74) is 5.83. The van der Waals surface area contributed by atoms with Gasteiger partial charge in [-0.2, -0.15) is 0 Å². The van der Waals surface area contributed by atoms with Crippen LogP contribution in [0.4, 0.5) is 0 Å². The molecule has 0 fully saturated rings. The van der Waals surface area contributed by atoms with Gasteiger partial charge in [0.2, 0.25) is 17.7 Å². The van der Waals surface area contributed by atoms with Crippen LogP contribution in [0.1, 0.15) is 47.5 Å². The molecule has 3 amide bonds. The molecule has 5 unspecified atom stereocenters. The van der Waals surface area contributed by atoms with Crippen LogP contribution in [-0.4, -0.2) is 64.0 Å². The molecule has 0 radical (unpaired) electrons. The summed E-state index contributed by atoms with van der Waals surface area (Å²) < 4.78 is 0. The molecule has 0 bridgehead atoms. The first-order valence-corrected chi connectivity index (χ1v) is 9.43. The monoisotopic (exact) mass is 416 g/mol. The minimum Gasteiger partial charge on any atom is -0.481 e. The van der Waals surface area contributed by atoms with Crippen LogP contribution < -0.4 is 21.7 Å². The number of nitrogens with one attached hydrogen (secondary N) is 3. The summed E-state index contributed by atoms with van der Waals surface area (Å²) in [5, 5.41) is 24.9. The second-order valence-electron chi connectivity index (χ2n) is 7.37. The van der Waals surface area contributed by atoms with Gasteiger partial charge >= 0.3 is 11.9 Å². The van der Waals surface area contributed by atoms with Crippen molar-refractivity contribution in [1.82, 2.24) is 16.0 Å². The van der Waals surface area contributed by atoms with Crippen molar-refractivity contribution in [2.75, 3.05) is 0 Å². The fraction of sp³-hybridized carbons (Fsp3) is 0.722. The van der Waals surface area contributed by atoms with Crippen LogP contribution in [0, 0.1) is 11.8 Å². The normalized spacial score (nSPS) is 16.1. The summed E-state index contributed by atoms with van der Waals surface area (Å²) in [4.78, 5) is 58.8. The Morgan fingerprint density at radius 1 is 0.862 bits per heavy atom. The lowest BCUT2D eigenvalue weighted by Crippen LogP contribution is -2.58. The number of carbonyl (C=O) groups excluding carboxylic acids is 3. The van der Waals surface area contributed by atoms with Crippen LogP contribution >= 0.6 is 0 Å². The quantitative estimate of drug-likeness (QED) is 0.235. The molecule has 0 spiro atoms. The van der Waals surface area contributed by atoms with Gasteiger partial charge in [-0.05, 0) is 18.8 Å². The van der Waals surface area contributed by atoms with Crippen LogP contribution in [-0.2, 0) is 24.0 Å². The van der Waals surface area contributed by atoms with Crippen molar-refractivity contribution in [2.24, 2.45) is 17.6 Å². The third-order valence-electron chi connectivity index (χ3n) is 4.55.